The number of hydrogen-bond donors (Lipinski definition) is 2. The highest BCUT2D eigenvalue weighted by Crippen LogP contribution is 2.31. The number of aromatic nitrogens is 3. The van der Waals surface area contributed by atoms with Gasteiger partial charge in [-0.25, -0.2) is 4.98 Å². The zero-order valence-corrected chi connectivity index (χ0v) is 15.6. The molecule has 0 radical (unpaired) electrons. The van der Waals surface area contributed by atoms with E-state index in [1.54, 1.807) is 0 Å². The number of nitrogens with zero attached hydrogens (tertiary/aromatic N) is 2. The smallest absolute Gasteiger partial charge is 0.268 e. The van der Waals surface area contributed by atoms with Gasteiger partial charge in [-0.05, 0) is 35.7 Å². The van der Waals surface area contributed by atoms with Crippen LogP contribution in [-0.4, -0.2) is 20.4 Å². The lowest BCUT2D eigenvalue weighted by Gasteiger charge is -2.05. The second-order valence-corrected chi connectivity index (χ2v) is 7.34. The van der Waals surface area contributed by atoms with Gasteiger partial charge < -0.3 is 14.9 Å². The van der Waals surface area contributed by atoms with E-state index in [1.807, 2.05) is 89.9 Å². The molecule has 136 valence electrons. The maximum Gasteiger partial charge on any atom is 0.268 e. The van der Waals surface area contributed by atoms with Crippen molar-refractivity contribution in [3.05, 3.63) is 90.2 Å². The molecule has 0 fully saturated rings. The van der Waals surface area contributed by atoms with Gasteiger partial charge in [-0.1, -0.05) is 47.7 Å². The number of H-pyrrole nitrogens is 1. The number of thiazole rings is 1. The zero-order valence-electron chi connectivity index (χ0n) is 14.8. The Hall–Kier alpha value is -3.64. The second kappa shape index (κ2) is 6.83. The normalized spacial score (nSPS) is 11.0. The van der Waals surface area contributed by atoms with Gasteiger partial charge in [0.2, 0.25) is 0 Å². The number of rotatable bonds is 4. The summed E-state index contributed by atoms with van der Waals surface area (Å²) in [7, 11) is 0. The second-order valence-electron chi connectivity index (χ2n) is 6.36. The molecule has 3 heterocycles. The summed E-state index contributed by atoms with van der Waals surface area (Å²) in [6, 6.07) is 21.5. The molecular formula is C22H16N4OS. The molecule has 2 N–H and O–H groups in total. The first-order valence-corrected chi connectivity index (χ1v) is 9.68. The van der Waals surface area contributed by atoms with Crippen molar-refractivity contribution in [2.75, 3.05) is 5.32 Å². The number of benzene rings is 2. The fourth-order valence-electron chi connectivity index (χ4n) is 3.14. The van der Waals surface area contributed by atoms with Crippen molar-refractivity contribution in [2.45, 2.75) is 0 Å². The van der Waals surface area contributed by atoms with Crippen molar-refractivity contribution in [2.24, 2.45) is 0 Å². The van der Waals surface area contributed by atoms with Crippen molar-refractivity contribution in [1.82, 2.24) is 14.5 Å². The summed E-state index contributed by atoms with van der Waals surface area (Å²) < 4.78 is 1.92. The van der Waals surface area contributed by atoms with Crippen LogP contribution in [0.5, 0.6) is 0 Å². The molecule has 5 aromatic rings. The number of fused-ring (bicyclic) bond motifs is 1. The number of anilines is 1. The molecular weight excluding hydrogens is 368 g/mol. The molecule has 0 aliphatic rings. The molecule has 0 bridgehead atoms. The van der Waals surface area contributed by atoms with Crippen LogP contribution in [-0.2, 0) is 0 Å². The Morgan fingerprint density at radius 2 is 1.82 bits per heavy atom. The van der Waals surface area contributed by atoms with E-state index in [9.17, 15) is 4.79 Å². The number of carbonyl (C=O) groups excluding carboxylic acids is 1. The number of aromatic amines is 1. The maximum atomic E-state index is 13.1. The average Bonchev–Trinajstić information content (AvgIpc) is 3.47. The minimum Gasteiger partial charge on any atom is -0.361 e. The van der Waals surface area contributed by atoms with Gasteiger partial charge in [0.1, 0.15) is 4.88 Å². The SMILES string of the molecule is O=C(Nc1ccc2cc[nH]c2c1)c1sc(-n2cccc2)nc1-c1ccccc1. The van der Waals surface area contributed by atoms with E-state index < -0.39 is 0 Å². The van der Waals surface area contributed by atoms with Crippen LogP contribution in [0.3, 0.4) is 0 Å². The number of amides is 1. The Balaban J connectivity index is 1.54. The van der Waals surface area contributed by atoms with Crippen LogP contribution in [0.2, 0.25) is 0 Å². The summed E-state index contributed by atoms with van der Waals surface area (Å²) in [5, 5.41) is 4.88. The molecule has 5 rings (SSSR count). The topological polar surface area (TPSA) is 62.7 Å². The molecule has 0 aliphatic carbocycles. The van der Waals surface area contributed by atoms with Crippen LogP contribution in [0, 0.1) is 0 Å². The largest absolute Gasteiger partial charge is 0.361 e. The van der Waals surface area contributed by atoms with E-state index in [4.69, 9.17) is 4.98 Å². The summed E-state index contributed by atoms with van der Waals surface area (Å²) in [5.74, 6) is -0.166. The Bertz CT molecular complexity index is 1250. The van der Waals surface area contributed by atoms with Crippen LogP contribution in [0.25, 0.3) is 27.3 Å². The summed E-state index contributed by atoms with van der Waals surface area (Å²) >= 11 is 1.38. The Kier molecular flexibility index (Phi) is 4.03. The molecule has 0 unspecified atom stereocenters. The molecule has 0 aliphatic heterocycles. The molecule has 2 aromatic carbocycles. The number of carbonyl (C=O) groups is 1. The predicted octanol–water partition coefficient (Wildman–Crippen LogP) is 5.33. The van der Waals surface area contributed by atoms with Crippen LogP contribution >= 0.6 is 11.3 Å². The lowest BCUT2D eigenvalue weighted by atomic mass is 10.1. The summed E-state index contributed by atoms with van der Waals surface area (Å²) in [5.41, 5.74) is 3.34. The molecule has 0 saturated carbocycles. The molecule has 28 heavy (non-hydrogen) atoms. The van der Waals surface area contributed by atoms with Gasteiger partial charge in [-0.3, -0.25) is 4.79 Å². The highest BCUT2D eigenvalue weighted by atomic mass is 32.1. The van der Waals surface area contributed by atoms with Gasteiger partial charge in [0.25, 0.3) is 5.91 Å². The van der Waals surface area contributed by atoms with Crippen LogP contribution in [0.4, 0.5) is 5.69 Å². The molecule has 0 atom stereocenters. The highest BCUT2D eigenvalue weighted by Gasteiger charge is 2.20. The monoisotopic (exact) mass is 384 g/mol. The van der Waals surface area contributed by atoms with Gasteiger partial charge in [0.05, 0.1) is 5.69 Å². The molecule has 5 nitrogen and oxygen atoms in total. The van der Waals surface area contributed by atoms with Gasteiger partial charge in [0.15, 0.2) is 5.13 Å². The minimum absolute atomic E-state index is 0.166. The fourth-order valence-corrected chi connectivity index (χ4v) is 4.09. The molecule has 3 aromatic heterocycles. The molecule has 0 saturated heterocycles. The minimum atomic E-state index is -0.166. The van der Waals surface area contributed by atoms with Gasteiger partial charge in [-0.2, -0.15) is 0 Å². The van der Waals surface area contributed by atoms with E-state index >= 15 is 0 Å². The first kappa shape index (κ1) is 16.5. The average molecular weight is 384 g/mol. The predicted molar refractivity (Wildman–Crippen MR) is 113 cm³/mol. The first-order valence-electron chi connectivity index (χ1n) is 8.86. The Morgan fingerprint density at radius 3 is 2.64 bits per heavy atom. The van der Waals surface area contributed by atoms with E-state index in [2.05, 4.69) is 10.3 Å². The Labute approximate surface area is 165 Å². The molecule has 1 amide bonds. The van der Waals surface area contributed by atoms with Crippen LogP contribution in [0.1, 0.15) is 9.67 Å². The van der Waals surface area contributed by atoms with Crippen molar-refractivity contribution >= 4 is 33.8 Å². The zero-order chi connectivity index (χ0) is 18.9. The third-order valence-electron chi connectivity index (χ3n) is 4.51. The van der Waals surface area contributed by atoms with E-state index in [-0.39, 0.29) is 5.91 Å². The van der Waals surface area contributed by atoms with Gasteiger partial charge in [-0.15, -0.1) is 0 Å². The highest BCUT2D eigenvalue weighted by molar-refractivity contribution is 7.16. The number of nitrogens with one attached hydrogen (secondary N) is 2. The maximum absolute atomic E-state index is 13.1. The van der Waals surface area contributed by atoms with Crippen molar-refractivity contribution in [3.63, 3.8) is 0 Å². The van der Waals surface area contributed by atoms with E-state index in [1.165, 1.54) is 11.3 Å². The summed E-state index contributed by atoms with van der Waals surface area (Å²) in [4.78, 5) is 21.6. The Morgan fingerprint density at radius 1 is 1.00 bits per heavy atom. The summed E-state index contributed by atoms with van der Waals surface area (Å²) in [6.07, 6.45) is 5.74. The van der Waals surface area contributed by atoms with E-state index in [0.29, 0.717) is 10.6 Å². The lowest BCUT2D eigenvalue weighted by Crippen LogP contribution is -2.11. The quantitative estimate of drug-likeness (QED) is 0.440. The standard InChI is InChI=1S/C22H16N4OS/c27-21(24-17-9-8-15-10-11-23-18(15)14-17)20-19(16-6-2-1-3-7-16)25-22(28-20)26-12-4-5-13-26/h1-14,23H,(H,24,27). The van der Waals surface area contributed by atoms with E-state index in [0.717, 1.165) is 27.3 Å². The van der Waals surface area contributed by atoms with Crippen LogP contribution in [0.15, 0.2) is 85.3 Å². The van der Waals surface area contributed by atoms with Gasteiger partial charge >= 0.3 is 0 Å². The van der Waals surface area contributed by atoms with Crippen molar-refractivity contribution in [1.29, 1.82) is 0 Å². The third-order valence-corrected chi connectivity index (χ3v) is 5.58. The van der Waals surface area contributed by atoms with Crippen molar-refractivity contribution in [3.8, 4) is 16.4 Å². The van der Waals surface area contributed by atoms with Gasteiger partial charge in [0, 0.05) is 35.4 Å². The fraction of sp³-hybridized carbons (Fsp3) is 0. The first-order chi connectivity index (χ1) is 13.8. The third kappa shape index (κ3) is 3.00. The number of hydrogen-bond acceptors (Lipinski definition) is 3. The molecule has 6 heteroatoms. The van der Waals surface area contributed by atoms with Crippen molar-refractivity contribution < 1.29 is 4.79 Å². The lowest BCUT2D eigenvalue weighted by molar-refractivity contribution is 0.103. The van der Waals surface area contributed by atoms with Crippen LogP contribution < -0.4 is 5.32 Å². The molecule has 0 spiro atoms. The summed E-state index contributed by atoms with van der Waals surface area (Å²) in [6.45, 7) is 0.